The average Bonchev–Trinajstić information content (AvgIpc) is 3.08. The van der Waals surface area contributed by atoms with Gasteiger partial charge in [0.2, 0.25) is 0 Å². The maximum absolute atomic E-state index is 12.4. The fraction of sp³-hybridized carbons (Fsp3) is 0.455. The molecule has 0 bridgehead atoms. The number of hydrogen-bond acceptors (Lipinski definition) is 3. The number of aliphatic hydroxyl groups excluding tert-OH is 1. The van der Waals surface area contributed by atoms with E-state index in [4.69, 9.17) is 0 Å². The molecule has 0 radical (unpaired) electrons. The maximum atomic E-state index is 12.4. The second-order valence-corrected chi connectivity index (χ2v) is 6.36. The van der Waals surface area contributed by atoms with Crippen LogP contribution in [0.4, 0.5) is 13.2 Å². The molecular formula is C11H11F3O3S. The van der Waals surface area contributed by atoms with Crippen LogP contribution in [0.1, 0.15) is 18.4 Å². The van der Waals surface area contributed by atoms with Gasteiger partial charge in [0.25, 0.3) is 9.84 Å². The summed E-state index contributed by atoms with van der Waals surface area (Å²) in [4.78, 5) is -0.771. The Hall–Kier alpha value is -1.08. The molecule has 1 fully saturated rings. The van der Waals surface area contributed by atoms with Crippen LogP contribution in [0.25, 0.3) is 0 Å². The highest BCUT2D eigenvalue weighted by Gasteiger charge is 2.48. The fourth-order valence-electron chi connectivity index (χ4n) is 1.82. The second-order valence-electron chi connectivity index (χ2n) is 4.42. The number of sulfone groups is 1. The van der Waals surface area contributed by atoms with E-state index in [-0.39, 0.29) is 6.61 Å². The van der Waals surface area contributed by atoms with E-state index in [1.807, 2.05) is 0 Å². The third-order valence-electron chi connectivity index (χ3n) is 3.22. The van der Waals surface area contributed by atoms with Crippen LogP contribution >= 0.6 is 0 Å². The molecule has 1 aliphatic carbocycles. The van der Waals surface area contributed by atoms with Crippen molar-refractivity contribution in [2.75, 3.05) is 6.61 Å². The van der Waals surface area contributed by atoms with E-state index in [1.165, 1.54) is 6.07 Å². The number of rotatable bonds is 3. The Bertz CT molecular complexity index is 559. The van der Waals surface area contributed by atoms with Crippen molar-refractivity contribution in [3.05, 3.63) is 29.8 Å². The van der Waals surface area contributed by atoms with E-state index in [2.05, 4.69) is 0 Å². The van der Waals surface area contributed by atoms with E-state index in [9.17, 15) is 26.7 Å². The van der Waals surface area contributed by atoms with Gasteiger partial charge in [-0.05, 0) is 30.5 Å². The molecule has 3 nitrogen and oxygen atoms in total. The van der Waals surface area contributed by atoms with Crippen molar-refractivity contribution < 1.29 is 26.7 Å². The maximum Gasteiger partial charge on any atom is 0.501 e. The Morgan fingerprint density at radius 3 is 2.33 bits per heavy atom. The van der Waals surface area contributed by atoms with Gasteiger partial charge in [-0.1, -0.05) is 12.1 Å². The molecule has 0 aliphatic heterocycles. The highest BCUT2D eigenvalue weighted by Crippen LogP contribution is 2.48. The summed E-state index contributed by atoms with van der Waals surface area (Å²) in [5.74, 6) is 0. The summed E-state index contributed by atoms with van der Waals surface area (Å²) in [7, 11) is -5.32. The minimum absolute atomic E-state index is 0.192. The number of benzene rings is 1. The summed E-state index contributed by atoms with van der Waals surface area (Å²) < 4.78 is 59.7. The van der Waals surface area contributed by atoms with Crippen LogP contribution in [0.2, 0.25) is 0 Å². The van der Waals surface area contributed by atoms with Crippen molar-refractivity contribution >= 4 is 9.84 Å². The fourth-order valence-corrected chi connectivity index (χ4v) is 2.62. The van der Waals surface area contributed by atoms with Gasteiger partial charge in [0.05, 0.1) is 11.5 Å². The molecule has 1 saturated carbocycles. The van der Waals surface area contributed by atoms with Gasteiger partial charge in [0.15, 0.2) is 0 Å². The summed E-state index contributed by atoms with van der Waals surface area (Å²) in [5.41, 5.74) is -5.42. The van der Waals surface area contributed by atoms with Gasteiger partial charge in [-0.3, -0.25) is 0 Å². The molecule has 0 atom stereocenters. The molecule has 2 rings (SSSR count). The standard InChI is InChI=1S/C11H11F3O3S/c12-11(13,14)18(16,17)9-3-1-2-8(6-9)10(7-15)4-5-10/h1-3,6,15H,4-5,7H2. The topological polar surface area (TPSA) is 54.4 Å². The summed E-state index contributed by atoms with van der Waals surface area (Å²) >= 11 is 0. The summed E-state index contributed by atoms with van der Waals surface area (Å²) in [6.07, 6.45) is 1.30. The van der Waals surface area contributed by atoms with E-state index >= 15 is 0 Å². The zero-order valence-corrected chi connectivity index (χ0v) is 10.1. The van der Waals surface area contributed by atoms with Crippen molar-refractivity contribution in [1.82, 2.24) is 0 Å². The molecule has 0 saturated heterocycles. The number of hydrogen-bond donors (Lipinski definition) is 1. The zero-order valence-electron chi connectivity index (χ0n) is 9.24. The SMILES string of the molecule is O=S(=O)(c1cccc(C2(CO)CC2)c1)C(F)(F)F. The van der Waals surface area contributed by atoms with Crippen molar-refractivity contribution in [1.29, 1.82) is 0 Å². The molecule has 0 unspecified atom stereocenters. The second kappa shape index (κ2) is 3.96. The largest absolute Gasteiger partial charge is 0.501 e. The molecule has 0 aromatic heterocycles. The van der Waals surface area contributed by atoms with E-state index in [1.54, 1.807) is 6.07 Å². The lowest BCUT2D eigenvalue weighted by atomic mass is 9.97. The van der Waals surface area contributed by atoms with Crippen LogP contribution in [-0.4, -0.2) is 25.6 Å². The lowest BCUT2D eigenvalue weighted by molar-refractivity contribution is -0.0436. The lowest BCUT2D eigenvalue weighted by Gasteiger charge is -2.14. The van der Waals surface area contributed by atoms with Crippen molar-refractivity contribution in [3.8, 4) is 0 Å². The molecule has 1 aromatic rings. The normalized spacial score (nSPS) is 18.7. The Morgan fingerprint density at radius 2 is 1.89 bits per heavy atom. The van der Waals surface area contributed by atoms with Crippen LogP contribution in [-0.2, 0) is 15.3 Å². The van der Waals surface area contributed by atoms with E-state index in [0.717, 1.165) is 12.1 Å². The first-order valence-electron chi connectivity index (χ1n) is 5.26. The van der Waals surface area contributed by atoms with Gasteiger partial charge < -0.3 is 5.11 Å². The van der Waals surface area contributed by atoms with Crippen LogP contribution in [0, 0.1) is 0 Å². The third kappa shape index (κ3) is 2.01. The monoisotopic (exact) mass is 280 g/mol. The van der Waals surface area contributed by atoms with E-state index in [0.29, 0.717) is 18.4 Å². The van der Waals surface area contributed by atoms with Gasteiger partial charge in [0.1, 0.15) is 0 Å². The Kier molecular flexibility index (Phi) is 2.94. The predicted molar refractivity (Wildman–Crippen MR) is 57.7 cm³/mol. The van der Waals surface area contributed by atoms with Crippen molar-refractivity contribution in [2.45, 2.75) is 28.7 Å². The summed E-state index contributed by atoms with van der Waals surface area (Å²) in [5, 5.41) is 9.19. The molecular weight excluding hydrogens is 269 g/mol. The molecule has 1 aromatic carbocycles. The minimum Gasteiger partial charge on any atom is -0.395 e. The first-order chi connectivity index (χ1) is 8.23. The molecule has 0 amide bonds. The molecule has 1 aliphatic rings. The molecule has 18 heavy (non-hydrogen) atoms. The first kappa shape index (κ1) is 13.4. The Balaban J connectivity index is 2.47. The molecule has 7 heteroatoms. The Labute approximate surface area is 102 Å². The van der Waals surface area contributed by atoms with Crippen LogP contribution in [0.5, 0.6) is 0 Å². The van der Waals surface area contributed by atoms with Gasteiger partial charge in [-0.25, -0.2) is 8.42 Å². The minimum atomic E-state index is -5.32. The molecule has 0 spiro atoms. The van der Waals surface area contributed by atoms with Gasteiger partial charge >= 0.3 is 5.51 Å². The highest BCUT2D eigenvalue weighted by atomic mass is 32.2. The van der Waals surface area contributed by atoms with Crippen molar-refractivity contribution in [3.63, 3.8) is 0 Å². The van der Waals surface area contributed by atoms with Crippen molar-refractivity contribution in [2.24, 2.45) is 0 Å². The summed E-state index contributed by atoms with van der Waals surface area (Å²) in [6, 6.07) is 4.73. The van der Waals surface area contributed by atoms with Crippen LogP contribution < -0.4 is 0 Å². The average molecular weight is 280 g/mol. The quantitative estimate of drug-likeness (QED) is 0.921. The van der Waals surface area contributed by atoms with E-state index < -0.39 is 25.7 Å². The lowest BCUT2D eigenvalue weighted by Crippen LogP contribution is -2.23. The molecule has 0 heterocycles. The predicted octanol–water partition coefficient (Wildman–Crippen LogP) is 2.00. The molecule has 100 valence electrons. The third-order valence-corrected chi connectivity index (χ3v) is 4.70. The number of aliphatic hydroxyl groups is 1. The zero-order chi connectivity index (χ0) is 13.6. The van der Waals surface area contributed by atoms with Gasteiger partial charge in [-0.2, -0.15) is 13.2 Å². The van der Waals surface area contributed by atoms with Crippen LogP contribution in [0.15, 0.2) is 29.2 Å². The Morgan fingerprint density at radius 1 is 1.28 bits per heavy atom. The highest BCUT2D eigenvalue weighted by molar-refractivity contribution is 7.92. The smallest absolute Gasteiger partial charge is 0.395 e. The summed E-state index contributed by atoms with van der Waals surface area (Å²) in [6.45, 7) is -0.192. The van der Waals surface area contributed by atoms with Crippen LogP contribution in [0.3, 0.4) is 0 Å². The first-order valence-corrected chi connectivity index (χ1v) is 6.74. The van der Waals surface area contributed by atoms with Gasteiger partial charge in [0, 0.05) is 5.41 Å². The molecule has 1 N–H and O–H groups in total. The number of halogens is 3. The number of alkyl halides is 3. The van der Waals surface area contributed by atoms with Gasteiger partial charge in [-0.15, -0.1) is 0 Å².